The summed E-state index contributed by atoms with van der Waals surface area (Å²) in [5.74, 6) is -0.405. The van der Waals surface area contributed by atoms with E-state index in [-0.39, 0.29) is 24.3 Å². The summed E-state index contributed by atoms with van der Waals surface area (Å²) in [6, 6.07) is 17.2. The monoisotopic (exact) mass is 434 g/mol. The molecule has 0 saturated heterocycles. The lowest BCUT2D eigenvalue weighted by molar-refractivity contribution is -0.136. The van der Waals surface area contributed by atoms with Gasteiger partial charge in [-0.2, -0.15) is 0 Å². The van der Waals surface area contributed by atoms with Crippen LogP contribution in [0.3, 0.4) is 0 Å². The quantitative estimate of drug-likeness (QED) is 0.430. The first kappa shape index (κ1) is 21.8. The molecular weight excluding hydrogens is 407 g/mol. The first-order valence-electron chi connectivity index (χ1n) is 10.7. The first-order chi connectivity index (χ1) is 15.5. The van der Waals surface area contributed by atoms with E-state index < -0.39 is 5.97 Å². The number of aliphatic carboxylic acids is 1. The molecule has 166 valence electrons. The van der Waals surface area contributed by atoms with Crippen molar-refractivity contribution in [1.29, 1.82) is 0 Å². The van der Waals surface area contributed by atoms with E-state index in [0.29, 0.717) is 36.2 Å². The van der Waals surface area contributed by atoms with Crippen LogP contribution in [0.25, 0.3) is 0 Å². The van der Waals surface area contributed by atoms with Crippen LogP contribution in [0.5, 0.6) is 0 Å². The number of pyridine rings is 1. The van der Waals surface area contributed by atoms with Crippen molar-refractivity contribution in [2.45, 2.75) is 31.8 Å². The number of aromatic nitrogens is 1. The highest BCUT2D eigenvalue weighted by Crippen LogP contribution is 2.28. The molecule has 0 spiro atoms. The Morgan fingerprint density at radius 3 is 2.81 bits per heavy atom. The minimum atomic E-state index is -0.919. The number of rotatable bonds is 8. The molecule has 1 aliphatic heterocycles. The molecule has 0 radical (unpaired) electrons. The Balaban J connectivity index is 1.49. The van der Waals surface area contributed by atoms with E-state index in [1.807, 2.05) is 30.3 Å². The van der Waals surface area contributed by atoms with Gasteiger partial charge in [0.05, 0.1) is 24.2 Å². The molecule has 0 aliphatic carbocycles. The van der Waals surface area contributed by atoms with E-state index in [0.717, 1.165) is 17.1 Å². The largest absolute Gasteiger partial charge is 0.481 e. The zero-order chi connectivity index (χ0) is 22.5. The molecule has 32 heavy (non-hydrogen) atoms. The van der Waals surface area contributed by atoms with E-state index in [1.54, 1.807) is 19.2 Å². The second kappa shape index (κ2) is 9.78. The molecule has 1 aliphatic rings. The van der Waals surface area contributed by atoms with Crippen molar-refractivity contribution in [3.63, 3.8) is 0 Å². The normalized spacial score (nSPS) is 15.9. The molecule has 4 rings (SSSR count). The highest BCUT2D eigenvalue weighted by atomic mass is 19.1. The molecule has 0 fully saturated rings. The molecule has 0 bridgehead atoms. The minimum absolute atomic E-state index is 0.0224. The summed E-state index contributed by atoms with van der Waals surface area (Å²) < 4.78 is 14.5. The number of carbonyl (C=O) groups is 1. The van der Waals surface area contributed by atoms with Gasteiger partial charge in [0.25, 0.3) is 0 Å². The number of benzene rings is 2. The van der Waals surface area contributed by atoms with Gasteiger partial charge in [0.1, 0.15) is 11.6 Å². The van der Waals surface area contributed by atoms with Crippen molar-refractivity contribution in [2.24, 2.45) is 0 Å². The third-order valence-corrected chi connectivity index (χ3v) is 5.81. The third kappa shape index (κ3) is 5.06. The van der Waals surface area contributed by atoms with Gasteiger partial charge in [-0.1, -0.05) is 36.4 Å². The molecule has 4 N–H and O–H groups in total. The Kier molecular flexibility index (Phi) is 6.66. The molecule has 2 aromatic carbocycles. The Bertz CT molecular complexity index is 1090. The van der Waals surface area contributed by atoms with Crippen molar-refractivity contribution in [1.82, 2.24) is 10.3 Å². The van der Waals surface area contributed by atoms with Crippen LogP contribution in [0.15, 0.2) is 60.8 Å². The van der Waals surface area contributed by atoms with Gasteiger partial charge in [-0.05, 0) is 60.3 Å². The number of anilines is 2. The second-order valence-electron chi connectivity index (χ2n) is 8.06. The SMILES string of the molecule is Cc1cc(F)c(CCN[C@H](c2ccccc2)[C@H]2CNc3cccnc3N2)cc1CC(=O)O. The molecular formula is C25H27FN4O2. The van der Waals surface area contributed by atoms with Gasteiger partial charge in [0.15, 0.2) is 0 Å². The van der Waals surface area contributed by atoms with E-state index in [1.165, 1.54) is 6.07 Å². The number of fused-ring (bicyclic) bond motifs is 1. The number of hydrogen-bond acceptors (Lipinski definition) is 5. The molecule has 2 atom stereocenters. The van der Waals surface area contributed by atoms with Crippen LogP contribution in [0.1, 0.15) is 28.3 Å². The van der Waals surface area contributed by atoms with Gasteiger partial charge in [0.2, 0.25) is 0 Å². The van der Waals surface area contributed by atoms with E-state index in [9.17, 15) is 9.18 Å². The number of nitrogens with one attached hydrogen (secondary N) is 3. The lowest BCUT2D eigenvalue weighted by atomic mass is 9.96. The lowest BCUT2D eigenvalue weighted by Gasteiger charge is -2.34. The van der Waals surface area contributed by atoms with Crippen molar-refractivity contribution in [2.75, 3.05) is 23.7 Å². The standard InChI is InChI=1S/C25H27FN4O2/c1-16-12-20(26)18(13-19(16)14-23(31)32)9-11-27-24(17-6-3-2-4-7-17)22-15-29-21-8-5-10-28-25(21)30-22/h2-8,10,12-13,22,24,27,29H,9,11,14-15H2,1H3,(H,28,30)(H,31,32)/t22-,24-/m1/s1. The maximum Gasteiger partial charge on any atom is 0.307 e. The minimum Gasteiger partial charge on any atom is -0.481 e. The second-order valence-corrected chi connectivity index (χ2v) is 8.06. The van der Waals surface area contributed by atoms with Gasteiger partial charge >= 0.3 is 5.97 Å². The first-order valence-corrected chi connectivity index (χ1v) is 10.7. The number of halogens is 1. The molecule has 7 heteroatoms. The summed E-state index contributed by atoms with van der Waals surface area (Å²) in [6.07, 6.45) is 2.11. The summed E-state index contributed by atoms with van der Waals surface area (Å²) in [7, 11) is 0. The summed E-state index contributed by atoms with van der Waals surface area (Å²) >= 11 is 0. The van der Waals surface area contributed by atoms with E-state index in [2.05, 4.69) is 33.1 Å². The predicted molar refractivity (Wildman–Crippen MR) is 124 cm³/mol. The van der Waals surface area contributed by atoms with Gasteiger partial charge < -0.3 is 21.1 Å². The van der Waals surface area contributed by atoms with Crippen LogP contribution in [-0.4, -0.2) is 35.2 Å². The summed E-state index contributed by atoms with van der Waals surface area (Å²) in [5, 5.41) is 19.6. The number of hydrogen-bond donors (Lipinski definition) is 4. The van der Waals surface area contributed by atoms with Crippen molar-refractivity contribution < 1.29 is 14.3 Å². The van der Waals surface area contributed by atoms with E-state index in [4.69, 9.17) is 5.11 Å². The van der Waals surface area contributed by atoms with E-state index >= 15 is 0 Å². The van der Waals surface area contributed by atoms with Crippen LogP contribution in [0.2, 0.25) is 0 Å². The lowest BCUT2D eigenvalue weighted by Crippen LogP contribution is -2.44. The summed E-state index contributed by atoms with van der Waals surface area (Å²) in [6.45, 7) is 2.99. The summed E-state index contributed by atoms with van der Waals surface area (Å²) in [5.41, 5.74) is 3.93. The smallest absolute Gasteiger partial charge is 0.307 e. The molecule has 0 unspecified atom stereocenters. The average molecular weight is 435 g/mol. The topological polar surface area (TPSA) is 86.3 Å². The van der Waals surface area contributed by atoms with Crippen molar-refractivity contribution in [3.05, 3.63) is 88.9 Å². The zero-order valence-electron chi connectivity index (χ0n) is 17.9. The maximum atomic E-state index is 14.5. The zero-order valence-corrected chi connectivity index (χ0v) is 17.9. The molecule has 2 heterocycles. The van der Waals surface area contributed by atoms with Crippen molar-refractivity contribution >= 4 is 17.5 Å². The van der Waals surface area contributed by atoms with Crippen LogP contribution in [0.4, 0.5) is 15.9 Å². The third-order valence-electron chi connectivity index (χ3n) is 5.81. The van der Waals surface area contributed by atoms with Crippen LogP contribution in [-0.2, 0) is 17.6 Å². The van der Waals surface area contributed by atoms with Crippen molar-refractivity contribution in [3.8, 4) is 0 Å². The molecule has 0 amide bonds. The van der Waals surface area contributed by atoms with Gasteiger partial charge in [-0.25, -0.2) is 9.37 Å². The highest BCUT2D eigenvalue weighted by Gasteiger charge is 2.27. The Morgan fingerprint density at radius 2 is 2.03 bits per heavy atom. The Morgan fingerprint density at radius 1 is 1.22 bits per heavy atom. The molecule has 1 aromatic heterocycles. The highest BCUT2D eigenvalue weighted by molar-refractivity contribution is 5.71. The number of aryl methyl sites for hydroxylation is 1. The fourth-order valence-electron chi connectivity index (χ4n) is 4.14. The van der Waals surface area contributed by atoms with Crippen LogP contribution < -0.4 is 16.0 Å². The predicted octanol–water partition coefficient (Wildman–Crippen LogP) is 3.94. The Labute approximate surface area is 186 Å². The number of carboxylic acid groups (broad SMARTS) is 1. The molecule has 0 saturated carbocycles. The number of nitrogens with zero attached hydrogens (tertiary/aromatic N) is 1. The average Bonchev–Trinajstić information content (AvgIpc) is 2.79. The van der Waals surface area contributed by atoms with Crippen LogP contribution >= 0.6 is 0 Å². The fourth-order valence-corrected chi connectivity index (χ4v) is 4.14. The molecule has 3 aromatic rings. The number of carboxylic acids is 1. The Hall–Kier alpha value is -3.45. The van der Waals surface area contributed by atoms with Gasteiger partial charge in [-0.3, -0.25) is 4.79 Å². The van der Waals surface area contributed by atoms with Crippen LogP contribution in [0, 0.1) is 12.7 Å². The maximum absolute atomic E-state index is 14.5. The molecule has 6 nitrogen and oxygen atoms in total. The summed E-state index contributed by atoms with van der Waals surface area (Å²) in [4.78, 5) is 15.5. The van der Waals surface area contributed by atoms with Gasteiger partial charge in [0, 0.05) is 12.7 Å². The van der Waals surface area contributed by atoms with Gasteiger partial charge in [-0.15, -0.1) is 0 Å². The fraction of sp³-hybridized carbons (Fsp3) is 0.280.